The number of hydrogen-bond acceptors (Lipinski definition) is 4. The molecule has 1 aliphatic rings. The van der Waals surface area contributed by atoms with Crippen molar-refractivity contribution < 1.29 is 9.53 Å². The zero-order chi connectivity index (χ0) is 14.5. The van der Waals surface area contributed by atoms with E-state index >= 15 is 0 Å². The first-order valence-corrected chi connectivity index (χ1v) is 7.84. The van der Waals surface area contributed by atoms with Crippen molar-refractivity contribution in [2.24, 2.45) is 0 Å². The monoisotopic (exact) mass is 360 g/mol. The van der Waals surface area contributed by atoms with Crippen LogP contribution in [-0.4, -0.2) is 43.2 Å². The summed E-state index contributed by atoms with van der Waals surface area (Å²) >= 11 is 9.67. The average molecular weight is 362 g/mol. The fourth-order valence-electron chi connectivity index (χ4n) is 2.29. The van der Waals surface area contributed by atoms with E-state index < -0.39 is 0 Å². The van der Waals surface area contributed by atoms with Gasteiger partial charge >= 0.3 is 5.97 Å². The van der Waals surface area contributed by atoms with E-state index in [1.165, 1.54) is 0 Å². The normalized spacial score (nSPS) is 19.9. The van der Waals surface area contributed by atoms with Gasteiger partial charge in [-0.25, -0.2) is 0 Å². The minimum atomic E-state index is -0.251. The first-order valence-electron chi connectivity index (χ1n) is 6.67. The van der Waals surface area contributed by atoms with Gasteiger partial charge < -0.3 is 10.1 Å². The number of piperazine rings is 1. The van der Waals surface area contributed by atoms with Crippen molar-refractivity contribution in [3.63, 3.8) is 0 Å². The Morgan fingerprint density at radius 2 is 2.40 bits per heavy atom. The van der Waals surface area contributed by atoms with Crippen LogP contribution >= 0.6 is 27.5 Å². The molecule has 20 heavy (non-hydrogen) atoms. The Morgan fingerprint density at radius 1 is 1.60 bits per heavy atom. The third kappa shape index (κ3) is 3.95. The number of carbonyl (C=O) groups excluding carboxylic acids is 1. The zero-order valence-electron chi connectivity index (χ0n) is 11.4. The third-order valence-electron chi connectivity index (χ3n) is 3.29. The summed E-state index contributed by atoms with van der Waals surface area (Å²) in [6.07, 6.45) is 0. The number of carbonyl (C=O) groups is 1. The van der Waals surface area contributed by atoms with Gasteiger partial charge in [0.15, 0.2) is 0 Å². The van der Waals surface area contributed by atoms with E-state index in [4.69, 9.17) is 16.3 Å². The molecule has 0 bridgehead atoms. The molecule has 1 heterocycles. The second-order valence-corrected chi connectivity index (χ2v) is 6.00. The lowest BCUT2D eigenvalue weighted by Gasteiger charge is -2.34. The van der Waals surface area contributed by atoms with Gasteiger partial charge in [-0.3, -0.25) is 9.69 Å². The fourth-order valence-corrected chi connectivity index (χ4v) is 2.88. The number of hydrogen-bond donors (Lipinski definition) is 1. The molecule has 0 saturated carbocycles. The molecule has 1 N–H and O–H groups in total. The molecule has 1 unspecified atom stereocenters. The first kappa shape index (κ1) is 15.8. The Balaban J connectivity index is 2.12. The highest BCUT2D eigenvalue weighted by Gasteiger charge is 2.30. The van der Waals surface area contributed by atoms with Crippen molar-refractivity contribution in [3.05, 3.63) is 33.3 Å². The Kier molecular flexibility index (Phi) is 5.84. The topological polar surface area (TPSA) is 41.6 Å². The van der Waals surface area contributed by atoms with Gasteiger partial charge in [-0.2, -0.15) is 0 Å². The van der Waals surface area contributed by atoms with Gasteiger partial charge in [-0.05, 0) is 30.7 Å². The Bertz CT molecular complexity index is 484. The van der Waals surface area contributed by atoms with Gasteiger partial charge in [0.2, 0.25) is 0 Å². The molecule has 1 aliphatic heterocycles. The van der Waals surface area contributed by atoms with Gasteiger partial charge in [-0.15, -0.1) is 0 Å². The number of benzene rings is 1. The van der Waals surface area contributed by atoms with E-state index in [0.717, 1.165) is 23.1 Å². The molecule has 1 saturated heterocycles. The SMILES string of the molecule is CCOC(=O)C1CNCCN1Cc1cc(Br)ccc1Cl. The highest BCUT2D eigenvalue weighted by molar-refractivity contribution is 9.10. The van der Waals surface area contributed by atoms with Crippen molar-refractivity contribution in [2.75, 3.05) is 26.2 Å². The summed E-state index contributed by atoms with van der Waals surface area (Å²) in [7, 11) is 0. The van der Waals surface area contributed by atoms with Gasteiger partial charge in [0.1, 0.15) is 6.04 Å². The van der Waals surface area contributed by atoms with Crippen LogP contribution in [0.15, 0.2) is 22.7 Å². The van der Waals surface area contributed by atoms with Gasteiger partial charge in [0, 0.05) is 35.7 Å². The van der Waals surface area contributed by atoms with Crippen molar-refractivity contribution in [2.45, 2.75) is 19.5 Å². The van der Waals surface area contributed by atoms with E-state index in [1.807, 2.05) is 25.1 Å². The minimum Gasteiger partial charge on any atom is -0.465 e. The number of halogens is 2. The smallest absolute Gasteiger partial charge is 0.324 e. The minimum absolute atomic E-state index is 0.175. The molecule has 1 aromatic rings. The molecule has 0 aromatic heterocycles. The average Bonchev–Trinajstić information content (AvgIpc) is 2.44. The maximum absolute atomic E-state index is 12.0. The van der Waals surface area contributed by atoms with Crippen LogP contribution in [0.1, 0.15) is 12.5 Å². The zero-order valence-corrected chi connectivity index (χ0v) is 13.7. The van der Waals surface area contributed by atoms with Crippen molar-refractivity contribution in [3.8, 4) is 0 Å². The third-order valence-corrected chi connectivity index (χ3v) is 4.16. The molecule has 0 aliphatic carbocycles. The number of nitrogens with zero attached hydrogens (tertiary/aromatic N) is 1. The van der Waals surface area contributed by atoms with E-state index in [-0.39, 0.29) is 12.0 Å². The quantitative estimate of drug-likeness (QED) is 0.837. The molecule has 0 spiro atoms. The summed E-state index contributed by atoms with van der Waals surface area (Å²) in [5, 5.41) is 3.95. The van der Waals surface area contributed by atoms with E-state index in [1.54, 1.807) is 0 Å². The summed E-state index contributed by atoms with van der Waals surface area (Å²) in [6.45, 7) is 5.15. The van der Waals surface area contributed by atoms with Crippen molar-refractivity contribution >= 4 is 33.5 Å². The van der Waals surface area contributed by atoms with Gasteiger partial charge in [-0.1, -0.05) is 27.5 Å². The van der Waals surface area contributed by atoms with Crippen LogP contribution in [0, 0.1) is 0 Å². The molecule has 2 rings (SSSR count). The molecule has 110 valence electrons. The van der Waals surface area contributed by atoms with Gasteiger partial charge in [0.05, 0.1) is 6.61 Å². The molecular formula is C14H18BrClN2O2. The second kappa shape index (κ2) is 7.41. The van der Waals surface area contributed by atoms with Crippen LogP contribution in [-0.2, 0) is 16.1 Å². The summed E-state index contributed by atoms with van der Waals surface area (Å²) in [6, 6.07) is 5.51. The van der Waals surface area contributed by atoms with Gasteiger partial charge in [0.25, 0.3) is 0 Å². The Hall–Kier alpha value is -0.620. The van der Waals surface area contributed by atoms with Crippen LogP contribution in [0.2, 0.25) is 5.02 Å². The fraction of sp³-hybridized carbons (Fsp3) is 0.500. The number of rotatable bonds is 4. The standard InChI is InChI=1S/C14H18BrClN2O2/c1-2-20-14(19)13-8-17-5-6-18(13)9-10-7-11(15)3-4-12(10)16/h3-4,7,13,17H,2,5-6,8-9H2,1H3. The van der Waals surface area contributed by atoms with E-state index in [0.29, 0.717) is 24.7 Å². The lowest BCUT2D eigenvalue weighted by molar-refractivity contribution is -0.150. The molecule has 1 atom stereocenters. The van der Waals surface area contributed by atoms with Crippen molar-refractivity contribution in [1.82, 2.24) is 10.2 Å². The summed E-state index contributed by atoms with van der Waals surface area (Å²) in [4.78, 5) is 14.1. The predicted octanol–water partition coefficient (Wildman–Crippen LogP) is 2.44. The molecule has 4 nitrogen and oxygen atoms in total. The maximum Gasteiger partial charge on any atom is 0.324 e. The molecule has 6 heteroatoms. The summed E-state index contributed by atoms with van der Waals surface area (Å²) in [5.41, 5.74) is 1.01. The van der Waals surface area contributed by atoms with E-state index in [9.17, 15) is 4.79 Å². The number of esters is 1. The lowest BCUT2D eigenvalue weighted by atomic mass is 10.1. The predicted molar refractivity (Wildman–Crippen MR) is 82.9 cm³/mol. The molecule has 1 aromatic carbocycles. The molecule has 1 fully saturated rings. The highest BCUT2D eigenvalue weighted by Crippen LogP contribution is 2.23. The van der Waals surface area contributed by atoms with E-state index in [2.05, 4.69) is 26.1 Å². The molecular weight excluding hydrogens is 344 g/mol. The largest absolute Gasteiger partial charge is 0.465 e. The Labute approximate surface area is 132 Å². The van der Waals surface area contributed by atoms with Crippen molar-refractivity contribution in [1.29, 1.82) is 0 Å². The highest BCUT2D eigenvalue weighted by atomic mass is 79.9. The number of ether oxygens (including phenoxy) is 1. The second-order valence-electron chi connectivity index (χ2n) is 4.68. The summed E-state index contributed by atoms with van der Waals surface area (Å²) < 4.78 is 6.13. The first-order chi connectivity index (χ1) is 9.61. The van der Waals surface area contributed by atoms with Crippen LogP contribution in [0.25, 0.3) is 0 Å². The Morgan fingerprint density at radius 3 is 3.15 bits per heavy atom. The van der Waals surface area contributed by atoms with Crippen LogP contribution in [0.3, 0.4) is 0 Å². The maximum atomic E-state index is 12.0. The van der Waals surface area contributed by atoms with Crippen LogP contribution in [0.5, 0.6) is 0 Å². The number of nitrogens with one attached hydrogen (secondary N) is 1. The summed E-state index contributed by atoms with van der Waals surface area (Å²) in [5.74, 6) is -0.175. The van der Waals surface area contributed by atoms with Crippen LogP contribution in [0.4, 0.5) is 0 Å². The molecule has 0 radical (unpaired) electrons. The van der Waals surface area contributed by atoms with Crippen LogP contribution < -0.4 is 5.32 Å². The molecule has 0 amide bonds. The lowest BCUT2D eigenvalue weighted by Crippen LogP contribution is -2.54.